The first-order valence-electron chi connectivity index (χ1n) is 9.88. The number of benzene rings is 2. The Morgan fingerprint density at radius 3 is 2.48 bits per heavy atom. The Labute approximate surface area is 193 Å². The molecule has 0 saturated heterocycles. The van der Waals surface area contributed by atoms with E-state index < -0.39 is 4.92 Å². The standard InChI is InChI=1S/C22H18N8O2S/c1-2-29(13-5-12-23)20-7-4-3-6-19(20)26-28-22-16(15-24)14-21(33-22)27-25-17-8-10-18(11-9-17)30(31)32/h3-4,6-11,14H,2,5,13H2,1H3. The number of anilines is 1. The van der Waals surface area contributed by atoms with E-state index in [0.717, 1.165) is 17.0 Å². The van der Waals surface area contributed by atoms with Crippen molar-refractivity contribution >= 4 is 44.1 Å². The van der Waals surface area contributed by atoms with Crippen LogP contribution in [0.5, 0.6) is 0 Å². The van der Waals surface area contributed by atoms with E-state index in [-0.39, 0.29) is 5.69 Å². The highest BCUT2D eigenvalue weighted by molar-refractivity contribution is 7.19. The van der Waals surface area contributed by atoms with Crippen LogP contribution in [-0.2, 0) is 0 Å². The first-order valence-corrected chi connectivity index (χ1v) is 10.7. The van der Waals surface area contributed by atoms with E-state index in [4.69, 9.17) is 5.26 Å². The minimum absolute atomic E-state index is 0.0333. The maximum absolute atomic E-state index is 10.7. The van der Waals surface area contributed by atoms with Crippen molar-refractivity contribution in [2.75, 3.05) is 18.0 Å². The molecule has 0 aliphatic heterocycles. The Morgan fingerprint density at radius 1 is 1.06 bits per heavy atom. The molecule has 0 N–H and O–H groups in total. The Kier molecular flexibility index (Phi) is 7.89. The summed E-state index contributed by atoms with van der Waals surface area (Å²) in [5.74, 6) is 0. The molecule has 2 aromatic carbocycles. The lowest BCUT2D eigenvalue weighted by atomic mass is 10.2. The first kappa shape index (κ1) is 23.2. The quantitative estimate of drug-likeness (QED) is 0.191. The number of nitro groups is 1. The molecular weight excluding hydrogens is 440 g/mol. The minimum Gasteiger partial charge on any atom is -0.369 e. The van der Waals surface area contributed by atoms with Gasteiger partial charge in [0.2, 0.25) is 0 Å². The predicted octanol–water partition coefficient (Wildman–Crippen LogP) is 7.10. The predicted molar refractivity (Wildman–Crippen MR) is 125 cm³/mol. The molecule has 3 rings (SSSR count). The second-order valence-electron chi connectivity index (χ2n) is 6.57. The maximum atomic E-state index is 10.7. The number of rotatable bonds is 9. The minimum atomic E-state index is -0.488. The zero-order valence-corrected chi connectivity index (χ0v) is 18.4. The van der Waals surface area contributed by atoms with Gasteiger partial charge in [0, 0.05) is 25.2 Å². The van der Waals surface area contributed by atoms with Gasteiger partial charge in [-0.2, -0.15) is 10.5 Å². The normalized spacial score (nSPS) is 10.9. The summed E-state index contributed by atoms with van der Waals surface area (Å²) in [6, 6.07) is 18.9. The van der Waals surface area contributed by atoms with Crippen molar-refractivity contribution < 1.29 is 4.92 Å². The molecule has 0 spiro atoms. The molecule has 0 unspecified atom stereocenters. The van der Waals surface area contributed by atoms with Crippen LogP contribution in [-0.4, -0.2) is 18.0 Å². The highest BCUT2D eigenvalue weighted by Crippen LogP contribution is 2.39. The van der Waals surface area contributed by atoms with Crippen molar-refractivity contribution in [3.05, 3.63) is 70.3 Å². The Morgan fingerprint density at radius 2 is 1.82 bits per heavy atom. The van der Waals surface area contributed by atoms with Crippen LogP contribution in [0.4, 0.5) is 32.8 Å². The van der Waals surface area contributed by atoms with Crippen molar-refractivity contribution in [3.8, 4) is 12.1 Å². The molecule has 0 fully saturated rings. The molecular formula is C22H18N8O2S. The summed E-state index contributed by atoms with van der Waals surface area (Å²) in [5.41, 5.74) is 2.21. The molecule has 11 heteroatoms. The molecule has 3 aromatic rings. The van der Waals surface area contributed by atoms with Crippen molar-refractivity contribution in [2.24, 2.45) is 20.5 Å². The van der Waals surface area contributed by atoms with Crippen molar-refractivity contribution in [1.29, 1.82) is 10.5 Å². The average Bonchev–Trinajstić information content (AvgIpc) is 3.25. The van der Waals surface area contributed by atoms with Crippen LogP contribution in [0.1, 0.15) is 18.9 Å². The second-order valence-corrected chi connectivity index (χ2v) is 7.57. The summed E-state index contributed by atoms with van der Waals surface area (Å²) in [6.07, 6.45) is 0.395. The number of hydrogen-bond donors (Lipinski definition) is 0. The largest absolute Gasteiger partial charge is 0.369 e. The lowest BCUT2D eigenvalue weighted by molar-refractivity contribution is -0.384. The van der Waals surface area contributed by atoms with Crippen LogP contribution in [0.15, 0.2) is 75.1 Å². The summed E-state index contributed by atoms with van der Waals surface area (Å²) in [5, 5.41) is 46.7. The fourth-order valence-corrected chi connectivity index (χ4v) is 3.62. The van der Waals surface area contributed by atoms with Crippen LogP contribution in [0.3, 0.4) is 0 Å². The summed E-state index contributed by atoms with van der Waals surface area (Å²) >= 11 is 1.16. The molecule has 10 nitrogen and oxygen atoms in total. The monoisotopic (exact) mass is 458 g/mol. The lowest BCUT2D eigenvalue weighted by Gasteiger charge is -2.22. The fraction of sp³-hybridized carbons (Fsp3) is 0.182. The van der Waals surface area contributed by atoms with E-state index in [1.54, 1.807) is 6.07 Å². The van der Waals surface area contributed by atoms with E-state index in [1.165, 1.54) is 24.3 Å². The van der Waals surface area contributed by atoms with Crippen LogP contribution >= 0.6 is 11.3 Å². The van der Waals surface area contributed by atoms with Gasteiger partial charge >= 0.3 is 0 Å². The third-order valence-electron chi connectivity index (χ3n) is 4.49. The Balaban J connectivity index is 1.82. The zero-order valence-electron chi connectivity index (χ0n) is 17.6. The number of azo groups is 2. The molecule has 1 heterocycles. The van der Waals surface area contributed by atoms with Gasteiger partial charge in [-0.1, -0.05) is 23.5 Å². The van der Waals surface area contributed by atoms with Gasteiger partial charge < -0.3 is 4.90 Å². The molecule has 0 radical (unpaired) electrons. The molecule has 164 valence electrons. The first-order chi connectivity index (χ1) is 16.0. The molecule has 0 saturated carbocycles. The van der Waals surface area contributed by atoms with E-state index in [9.17, 15) is 15.4 Å². The molecule has 0 bridgehead atoms. The molecule has 0 aliphatic carbocycles. The Bertz CT molecular complexity index is 1270. The number of non-ortho nitro benzene ring substituents is 1. The van der Waals surface area contributed by atoms with Gasteiger partial charge in [0.05, 0.1) is 34.4 Å². The van der Waals surface area contributed by atoms with Gasteiger partial charge in [0.25, 0.3) is 5.69 Å². The van der Waals surface area contributed by atoms with Gasteiger partial charge in [0.15, 0.2) is 5.00 Å². The summed E-state index contributed by atoms with van der Waals surface area (Å²) in [7, 11) is 0. The topological polar surface area (TPSA) is 143 Å². The van der Waals surface area contributed by atoms with Crippen molar-refractivity contribution in [1.82, 2.24) is 0 Å². The van der Waals surface area contributed by atoms with E-state index in [0.29, 0.717) is 46.5 Å². The number of thiophene rings is 1. The van der Waals surface area contributed by atoms with E-state index >= 15 is 0 Å². The number of nitrogens with zero attached hydrogens (tertiary/aromatic N) is 8. The van der Waals surface area contributed by atoms with Gasteiger partial charge in [-0.25, -0.2) is 0 Å². The molecule has 0 amide bonds. The van der Waals surface area contributed by atoms with Crippen molar-refractivity contribution in [3.63, 3.8) is 0 Å². The molecule has 0 aliphatic rings. The van der Waals surface area contributed by atoms with Crippen LogP contribution in [0, 0.1) is 32.8 Å². The van der Waals surface area contributed by atoms with Crippen molar-refractivity contribution in [2.45, 2.75) is 13.3 Å². The van der Waals surface area contributed by atoms with Crippen LogP contribution in [0.25, 0.3) is 0 Å². The molecule has 0 atom stereocenters. The maximum Gasteiger partial charge on any atom is 0.269 e. The van der Waals surface area contributed by atoms with Gasteiger partial charge in [0.1, 0.15) is 16.8 Å². The fourth-order valence-electron chi connectivity index (χ4n) is 2.87. The third-order valence-corrected chi connectivity index (χ3v) is 5.39. The summed E-state index contributed by atoms with van der Waals surface area (Å²) < 4.78 is 0. The molecule has 33 heavy (non-hydrogen) atoms. The SMILES string of the molecule is CCN(CCC#N)c1ccccc1N=Nc1sc(N=Nc2ccc([N+](=O)[O-])cc2)cc1C#N. The zero-order chi connectivity index (χ0) is 23.6. The van der Waals surface area contributed by atoms with Gasteiger partial charge in [-0.15, -0.1) is 20.5 Å². The second kappa shape index (κ2) is 11.2. The average molecular weight is 459 g/mol. The van der Waals surface area contributed by atoms with E-state index in [2.05, 4.69) is 32.6 Å². The van der Waals surface area contributed by atoms with Gasteiger partial charge in [-0.05, 0) is 37.3 Å². The van der Waals surface area contributed by atoms with Gasteiger partial charge in [-0.3, -0.25) is 10.1 Å². The number of nitriles is 2. The highest BCUT2D eigenvalue weighted by atomic mass is 32.1. The highest BCUT2D eigenvalue weighted by Gasteiger charge is 2.11. The summed E-state index contributed by atoms with van der Waals surface area (Å²) in [4.78, 5) is 12.3. The number of para-hydroxylation sites is 1. The summed E-state index contributed by atoms with van der Waals surface area (Å²) in [6.45, 7) is 3.29. The Hall–Kier alpha value is -4.48. The smallest absolute Gasteiger partial charge is 0.269 e. The van der Waals surface area contributed by atoms with Crippen LogP contribution in [0.2, 0.25) is 0 Å². The van der Waals surface area contributed by atoms with Crippen LogP contribution < -0.4 is 4.90 Å². The third kappa shape index (κ3) is 6.03. The van der Waals surface area contributed by atoms with E-state index in [1.807, 2.05) is 36.1 Å². The lowest BCUT2D eigenvalue weighted by Crippen LogP contribution is -2.23. The molecule has 1 aromatic heterocycles. The number of hydrogen-bond acceptors (Lipinski definition) is 10. The number of nitro benzene ring substituents is 1.